The number of carbonyl (C=O) groups is 1. The first kappa shape index (κ1) is 22.0. The average Bonchev–Trinajstić information content (AvgIpc) is 3.60. The van der Waals surface area contributed by atoms with Crippen LogP contribution in [0.1, 0.15) is 34.5 Å². The van der Waals surface area contributed by atoms with E-state index < -0.39 is 0 Å². The number of amides is 1. The van der Waals surface area contributed by atoms with Gasteiger partial charge in [-0.05, 0) is 54.7 Å². The lowest BCUT2D eigenvalue weighted by Gasteiger charge is -2.12. The fourth-order valence-electron chi connectivity index (χ4n) is 4.08. The van der Waals surface area contributed by atoms with E-state index in [-0.39, 0.29) is 12.0 Å². The Labute approximate surface area is 197 Å². The number of pyridine rings is 2. The van der Waals surface area contributed by atoms with Gasteiger partial charge in [0.15, 0.2) is 0 Å². The molecular formula is C25H27N7O2. The molecule has 174 valence electrons. The number of rotatable bonds is 7. The van der Waals surface area contributed by atoms with E-state index in [1.807, 2.05) is 63.0 Å². The van der Waals surface area contributed by atoms with Crippen molar-refractivity contribution in [2.24, 2.45) is 14.1 Å². The maximum absolute atomic E-state index is 12.9. The lowest BCUT2D eigenvalue weighted by Crippen LogP contribution is -2.32. The minimum atomic E-state index is -0.209. The summed E-state index contributed by atoms with van der Waals surface area (Å²) < 4.78 is 9.10. The van der Waals surface area contributed by atoms with Crippen molar-refractivity contribution in [3.05, 3.63) is 71.9 Å². The summed E-state index contributed by atoms with van der Waals surface area (Å²) in [7, 11) is 3.74. The van der Waals surface area contributed by atoms with Crippen LogP contribution in [0.2, 0.25) is 0 Å². The van der Waals surface area contributed by atoms with E-state index in [0.717, 1.165) is 47.5 Å². The number of hydrogen-bond donors (Lipinski definition) is 1. The van der Waals surface area contributed by atoms with Gasteiger partial charge < -0.3 is 10.1 Å². The number of aryl methyl sites for hydroxylation is 2. The van der Waals surface area contributed by atoms with Gasteiger partial charge in [0.25, 0.3) is 5.91 Å². The molecule has 0 bridgehead atoms. The summed E-state index contributed by atoms with van der Waals surface area (Å²) >= 11 is 0. The van der Waals surface area contributed by atoms with E-state index in [0.29, 0.717) is 24.4 Å². The van der Waals surface area contributed by atoms with Gasteiger partial charge in [-0.3, -0.25) is 19.1 Å². The summed E-state index contributed by atoms with van der Waals surface area (Å²) in [5.74, 6) is -0.209. The molecule has 34 heavy (non-hydrogen) atoms. The van der Waals surface area contributed by atoms with Crippen molar-refractivity contribution in [3.63, 3.8) is 0 Å². The Morgan fingerprint density at radius 3 is 2.68 bits per heavy atom. The molecule has 0 spiro atoms. The van der Waals surface area contributed by atoms with Crippen LogP contribution in [-0.4, -0.2) is 54.7 Å². The van der Waals surface area contributed by atoms with E-state index in [1.165, 1.54) is 0 Å². The maximum atomic E-state index is 12.9. The largest absolute Gasteiger partial charge is 0.376 e. The normalized spacial score (nSPS) is 15.5. The van der Waals surface area contributed by atoms with Crippen molar-refractivity contribution in [3.8, 4) is 22.6 Å². The highest BCUT2D eigenvalue weighted by atomic mass is 16.5. The Hall–Kier alpha value is -3.85. The quantitative estimate of drug-likeness (QED) is 0.458. The van der Waals surface area contributed by atoms with Crippen LogP contribution in [0.15, 0.2) is 55.1 Å². The van der Waals surface area contributed by atoms with Crippen molar-refractivity contribution >= 4 is 5.91 Å². The van der Waals surface area contributed by atoms with Crippen LogP contribution in [0.4, 0.5) is 0 Å². The lowest BCUT2D eigenvalue weighted by atomic mass is 10.0. The molecule has 5 heterocycles. The second-order valence-corrected chi connectivity index (χ2v) is 8.60. The standard InChI is InChI=1S/C25H27N7O2/c1-31-8-7-22(30-31)23-11-18(12-24(29-23)25(33)27-15-20-4-3-9-34-20)10-17-5-6-21(26-13-17)19-14-28-32(2)16-19/h5-8,11-14,16,20H,3-4,9-10,15H2,1-2H3,(H,27,33)/t20-/m0/s1. The molecule has 9 heteroatoms. The van der Waals surface area contributed by atoms with Crippen molar-refractivity contribution in [1.29, 1.82) is 0 Å². The van der Waals surface area contributed by atoms with Gasteiger partial charge in [0.1, 0.15) is 11.4 Å². The summed E-state index contributed by atoms with van der Waals surface area (Å²) in [4.78, 5) is 22.1. The molecule has 0 radical (unpaired) electrons. The summed E-state index contributed by atoms with van der Waals surface area (Å²) in [5, 5.41) is 11.6. The first-order valence-electron chi connectivity index (χ1n) is 11.4. The predicted molar refractivity (Wildman–Crippen MR) is 127 cm³/mol. The first-order chi connectivity index (χ1) is 16.5. The molecule has 1 fully saturated rings. The highest BCUT2D eigenvalue weighted by molar-refractivity contribution is 5.93. The molecule has 1 aliphatic rings. The molecule has 0 unspecified atom stereocenters. The van der Waals surface area contributed by atoms with E-state index in [4.69, 9.17) is 4.74 Å². The Morgan fingerprint density at radius 1 is 1.09 bits per heavy atom. The Kier molecular flexibility index (Phi) is 6.18. The molecule has 4 aromatic rings. The Morgan fingerprint density at radius 2 is 2.00 bits per heavy atom. The topological polar surface area (TPSA) is 99.8 Å². The lowest BCUT2D eigenvalue weighted by molar-refractivity contribution is 0.0853. The van der Waals surface area contributed by atoms with Gasteiger partial charge in [-0.15, -0.1) is 0 Å². The number of aromatic nitrogens is 6. The van der Waals surface area contributed by atoms with E-state index in [2.05, 4.69) is 25.5 Å². The van der Waals surface area contributed by atoms with E-state index >= 15 is 0 Å². The number of nitrogens with zero attached hydrogens (tertiary/aromatic N) is 6. The van der Waals surface area contributed by atoms with Gasteiger partial charge in [0, 0.05) is 51.4 Å². The molecule has 1 saturated heterocycles. The summed E-state index contributed by atoms with van der Waals surface area (Å²) in [6.45, 7) is 1.25. The summed E-state index contributed by atoms with van der Waals surface area (Å²) in [6, 6.07) is 9.75. The minimum Gasteiger partial charge on any atom is -0.376 e. The smallest absolute Gasteiger partial charge is 0.270 e. The molecular weight excluding hydrogens is 430 g/mol. The van der Waals surface area contributed by atoms with Crippen molar-refractivity contribution in [2.75, 3.05) is 13.2 Å². The monoisotopic (exact) mass is 457 g/mol. The molecule has 1 atom stereocenters. The number of ether oxygens (including phenoxy) is 1. The number of hydrogen-bond acceptors (Lipinski definition) is 6. The van der Waals surface area contributed by atoms with Crippen molar-refractivity contribution < 1.29 is 9.53 Å². The molecule has 0 aromatic carbocycles. The molecule has 5 rings (SSSR count). The molecule has 0 aliphatic carbocycles. The van der Waals surface area contributed by atoms with Crippen LogP contribution in [-0.2, 0) is 25.3 Å². The molecule has 1 N–H and O–H groups in total. The van der Waals surface area contributed by atoms with Crippen LogP contribution < -0.4 is 5.32 Å². The average molecular weight is 458 g/mol. The minimum absolute atomic E-state index is 0.0757. The van der Waals surface area contributed by atoms with Gasteiger partial charge in [-0.25, -0.2) is 4.98 Å². The summed E-state index contributed by atoms with van der Waals surface area (Å²) in [6.07, 6.45) is 10.2. The Bertz CT molecular complexity index is 1290. The second-order valence-electron chi connectivity index (χ2n) is 8.60. The van der Waals surface area contributed by atoms with Gasteiger partial charge in [0.2, 0.25) is 0 Å². The SMILES string of the molecule is Cn1cc(-c2ccc(Cc3cc(C(=O)NC[C@@H]4CCCO4)nc(-c4ccn(C)n4)c3)cn2)cn1. The number of carbonyl (C=O) groups excluding carboxylic acids is 1. The zero-order valence-corrected chi connectivity index (χ0v) is 19.3. The van der Waals surface area contributed by atoms with Crippen molar-refractivity contribution in [1.82, 2.24) is 34.8 Å². The zero-order valence-electron chi connectivity index (χ0n) is 19.3. The summed E-state index contributed by atoms with van der Waals surface area (Å²) in [5.41, 5.74) is 5.61. The van der Waals surface area contributed by atoms with Gasteiger partial charge >= 0.3 is 0 Å². The fraction of sp³-hybridized carbons (Fsp3) is 0.320. The fourth-order valence-corrected chi connectivity index (χ4v) is 4.08. The Balaban J connectivity index is 1.38. The third-order valence-electron chi connectivity index (χ3n) is 5.84. The zero-order chi connectivity index (χ0) is 23.5. The molecule has 9 nitrogen and oxygen atoms in total. The van der Waals surface area contributed by atoms with Gasteiger partial charge in [0.05, 0.1) is 23.7 Å². The van der Waals surface area contributed by atoms with Crippen LogP contribution >= 0.6 is 0 Å². The maximum Gasteiger partial charge on any atom is 0.270 e. The molecule has 4 aromatic heterocycles. The van der Waals surface area contributed by atoms with Gasteiger partial charge in [-0.2, -0.15) is 10.2 Å². The van der Waals surface area contributed by atoms with Crippen LogP contribution in [0, 0.1) is 0 Å². The van der Waals surface area contributed by atoms with E-state index in [9.17, 15) is 4.79 Å². The predicted octanol–water partition coefficient (Wildman–Crippen LogP) is 2.78. The second kappa shape index (κ2) is 9.56. The first-order valence-corrected chi connectivity index (χ1v) is 11.4. The van der Waals surface area contributed by atoms with Crippen LogP contribution in [0.25, 0.3) is 22.6 Å². The third kappa shape index (κ3) is 5.04. The molecule has 0 saturated carbocycles. The van der Waals surface area contributed by atoms with E-state index in [1.54, 1.807) is 15.6 Å². The molecule has 1 aliphatic heterocycles. The number of nitrogens with one attached hydrogen (secondary N) is 1. The van der Waals surface area contributed by atoms with Gasteiger partial charge in [-0.1, -0.05) is 6.07 Å². The van der Waals surface area contributed by atoms with Crippen molar-refractivity contribution in [2.45, 2.75) is 25.4 Å². The van der Waals surface area contributed by atoms with Crippen LogP contribution in [0.3, 0.4) is 0 Å². The highest BCUT2D eigenvalue weighted by Gasteiger charge is 2.18. The van der Waals surface area contributed by atoms with Crippen LogP contribution in [0.5, 0.6) is 0 Å². The molecule has 1 amide bonds. The third-order valence-corrected chi connectivity index (χ3v) is 5.84. The highest BCUT2D eigenvalue weighted by Crippen LogP contribution is 2.21.